The Labute approximate surface area is 151 Å². The largest absolute Gasteiger partial charge is 0.348 e. The van der Waals surface area contributed by atoms with Gasteiger partial charge in [0.1, 0.15) is 5.82 Å². The van der Waals surface area contributed by atoms with E-state index in [1.54, 1.807) is 12.3 Å². The maximum atomic E-state index is 12.2. The number of amides is 1. The minimum absolute atomic E-state index is 0.126. The molecule has 0 saturated heterocycles. The number of aryl methyl sites for hydroxylation is 1. The van der Waals surface area contributed by atoms with Crippen LogP contribution in [0.2, 0.25) is 0 Å². The molecule has 0 unspecified atom stereocenters. The standard InChI is InChI=1S/C21H18N4O/c1-14-6-9-17(13-22-14)21(26)23-12-15-7-10-16(11-8-15)20-24-18-4-2-3-5-19(18)25-20/h2-11,13H,12H2,1H3,(H,23,26)(H,24,25). The van der Waals surface area contributed by atoms with Crippen LogP contribution in [0.4, 0.5) is 0 Å². The maximum absolute atomic E-state index is 12.2. The van der Waals surface area contributed by atoms with Crippen LogP contribution in [0.25, 0.3) is 22.4 Å². The van der Waals surface area contributed by atoms with E-state index >= 15 is 0 Å². The van der Waals surface area contributed by atoms with Gasteiger partial charge in [0.15, 0.2) is 0 Å². The van der Waals surface area contributed by atoms with Crippen molar-refractivity contribution in [2.75, 3.05) is 0 Å². The number of fused-ring (bicyclic) bond motifs is 1. The van der Waals surface area contributed by atoms with Crippen molar-refractivity contribution in [1.29, 1.82) is 0 Å². The van der Waals surface area contributed by atoms with Gasteiger partial charge in [-0.3, -0.25) is 9.78 Å². The number of carbonyl (C=O) groups excluding carboxylic acids is 1. The minimum Gasteiger partial charge on any atom is -0.348 e. The molecular weight excluding hydrogens is 324 g/mol. The van der Waals surface area contributed by atoms with Gasteiger partial charge in [-0.25, -0.2) is 4.98 Å². The average molecular weight is 342 g/mol. The average Bonchev–Trinajstić information content (AvgIpc) is 3.11. The number of nitrogens with zero attached hydrogens (tertiary/aromatic N) is 2. The Bertz CT molecular complexity index is 1020. The lowest BCUT2D eigenvalue weighted by molar-refractivity contribution is 0.0950. The number of aromatic amines is 1. The molecule has 26 heavy (non-hydrogen) atoms. The van der Waals surface area contributed by atoms with E-state index in [1.807, 2.05) is 61.5 Å². The van der Waals surface area contributed by atoms with E-state index in [9.17, 15) is 4.79 Å². The van der Waals surface area contributed by atoms with Gasteiger partial charge in [0.05, 0.1) is 16.6 Å². The van der Waals surface area contributed by atoms with Crippen LogP contribution in [0.3, 0.4) is 0 Å². The van der Waals surface area contributed by atoms with Crippen molar-refractivity contribution in [3.05, 3.63) is 83.7 Å². The summed E-state index contributed by atoms with van der Waals surface area (Å²) in [5, 5.41) is 2.91. The van der Waals surface area contributed by atoms with E-state index < -0.39 is 0 Å². The van der Waals surface area contributed by atoms with Crippen molar-refractivity contribution in [2.45, 2.75) is 13.5 Å². The lowest BCUT2D eigenvalue weighted by Gasteiger charge is -2.06. The molecule has 0 fully saturated rings. The summed E-state index contributed by atoms with van der Waals surface area (Å²) in [6, 6.07) is 19.6. The van der Waals surface area contributed by atoms with Crippen molar-refractivity contribution in [3.63, 3.8) is 0 Å². The second-order valence-corrected chi connectivity index (χ2v) is 6.17. The number of imidazole rings is 1. The Morgan fingerprint density at radius 2 is 1.85 bits per heavy atom. The first-order valence-corrected chi connectivity index (χ1v) is 8.44. The zero-order valence-electron chi connectivity index (χ0n) is 14.4. The molecule has 128 valence electrons. The van der Waals surface area contributed by atoms with Crippen LogP contribution < -0.4 is 5.32 Å². The van der Waals surface area contributed by atoms with Gasteiger partial charge < -0.3 is 10.3 Å². The summed E-state index contributed by atoms with van der Waals surface area (Å²) in [4.78, 5) is 24.2. The zero-order valence-corrected chi connectivity index (χ0v) is 14.4. The first-order chi connectivity index (χ1) is 12.7. The number of benzene rings is 2. The van der Waals surface area contributed by atoms with E-state index in [0.29, 0.717) is 12.1 Å². The minimum atomic E-state index is -0.126. The number of carbonyl (C=O) groups is 1. The number of hydrogen-bond acceptors (Lipinski definition) is 3. The molecule has 0 aliphatic rings. The van der Waals surface area contributed by atoms with Gasteiger partial charge in [0.2, 0.25) is 0 Å². The van der Waals surface area contributed by atoms with E-state index in [1.165, 1.54) is 0 Å². The third kappa shape index (κ3) is 3.32. The molecule has 0 aliphatic carbocycles. The summed E-state index contributed by atoms with van der Waals surface area (Å²) >= 11 is 0. The van der Waals surface area contributed by atoms with Crippen molar-refractivity contribution >= 4 is 16.9 Å². The number of rotatable bonds is 4. The fraction of sp³-hybridized carbons (Fsp3) is 0.0952. The van der Waals surface area contributed by atoms with E-state index in [0.717, 1.165) is 33.7 Å². The number of nitrogens with one attached hydrogen (secondary N) is 2. The van der Waals surface area contributed by atoms with Crippen molar-refractivity contribution in [3.8, 4) is 11.4 Å². The Morgan fingerprint density at radius 3 is 2.58 bits per heavy atom. The van der Waals surface area contributed by atoms with Gasteiger partial charge >= 0.3 is 0 Å². The fourth-order valence-electron chi connectivity index (χ4n) is 2.76. The monoisotopic (exact) mass is 342 g/mol. The van der Waals surface area contributed by atoms with Crippen LogP contribution in [-0.4, -0.2) is 20.9 Å². The highest BCUT2D eigenvalue weighted by molar-refractivity contribution is 5.93. The molecule has 0 aliphatic heterocycles. The molecule has 1 amide bonds. The van der Waals surface area contributed by atoms with Crippen LogP contribution in [-0.2, 0) is 6.54 Å². The van der Waals surface area contributed by atoms with Crippen LogP contribution >= 0.6 is 0 Å². The molecule has 5 heteroatoms. The van der Waals surface area contributed by atoms with Gasteiger partial charge in [-0.05, 0) is 36.8 Å². The maximum Gasteiger partial charge on any atom is 0.253 e. The summed E-state index contributed by atoms with van der Waals surface area (Å²) in [6.45, 7) is 2.36. The quantitative estimate of drug-likeness (QED) is 0.591. The van der Waals surface area contributed by atoms with Gasteiger partial charge in [-0.1, -0.05) is 36.4 Å². The highest BCUT2D eigenvalue weighted by Crippen LogP contribution is 2.20. The second kappa shape index (κ2) is 6.80. The third-order valence-electron chi connectivity index (χ3n) is 4.24. The number of aromatic nitrogens is 3. The van der Waals surface area contributed by atoms with Crippen LogP contribution in [0.5, 0.6) is 0 Å². The molecule has 4 aromatic rings. The van der Waals surface area contributed by atoms with Crippen LogP contribution in [0.15, 0.2) is 66.9 Å². The second-order valence-electron chi connectivity index (χ2n) is 6.17. The smallest absolute Gasteiger partial charge is 0.253 e. The molecule has 2 heterocycles. The molecule has 2 N–H and O–H groups in total. The molecule has 4 rings (SSSR count). The summed E-state index contributed by atoms with van der Waals surface area (Å²) in [5.41, 5.74) is 5.46. The number of hydrogen-bond donors (Lipinski definition) is 2. The first kappa shape index (κ1) is 16.0. The molecule has 0 saturated carbocycles. The van der Waals surface area contributed by atoms with Crippen molar-refractivity contribution < 1.29 is 4.79 Å². The molecular formula is C21H18N4O. The summed E-state index contributed by atoms with van der Waals surface area (Å²) in [6.07, 6.45) is 1.59. The van der Waals surface area contributed by atoms with Crippen molar-refractivity contribution in [1.82, 2.24) is 20.3 Å². The van der Waals surface area contributed by atoms with Crippen LogP contribution in [0.1, 0.15) is 21.6 Å². The van der Waals surface area contributed by atoms with Gasteiger partial charge in [-0.2, -0.15) is 0 Å². The number of pyridine rings is 1. The third-order valence-corrected chi connectivity index (χ3v) is 4.24. The predicted octanol–water partition coefficient (Wildman–Crippen LogP) is 3.86. The lowest BCUT2D eigenvalue weighted by Crippen LogP contribution is -2.22. The number of H-pyrrole nitrogens is 1. The molecule has 2 aromatic heterocycles. The summed E-state index contributed by atoms with van der Waals surface area (Å²) < 4.78 is 0. The normalized spacial score (nSPS) is 10.8. The zero-order chi connectivity index (χ0) is 17.9. The predicted molar refractivity (Wildman–Crippen MR) is 102 cm³/mol. The Morgan fingerprint density at radius 1 is 1.04 bits per heavy atom. The highest BCUT2D eigenvalue weighted by atomic mass is 16.1. The molecule has 5 nitrogen and oxygen atoms in total. The Kier molecular flexibility index (Phi) is 4.19. The summed E-state index contributed by atoms with van der Waals surface area (Å²) in [5.74, 6) is 0.714. The lowest BCUT2D eigenvalue weighted by atomic mass is 10.1. The topological polar surface area (TPSA) is 70.7 Å². The van der Waals surface area contributed by atoms with E-state index in [2.05, 4.69) is 20.3 Å². The Hall–Kier alpha value is -3.47. The molecule has 0 atom stereocenters. The molecule has 2 aromatic carbocycles. The van der Waals surface area contributed by atoms with Crippen molar-refractivity contribution in [2.24, 2.45) is 0 Å². The SMILES string of the molecule is Cc1ccc(C(=O)NCc2ccc(-c3nc4ccccc4[nH]3)cc2)cn1. The van der Waals surface area contributed by atoms with Gasteiger partial charge in [0, 0.05) is 24.0 Å². The van der Waals surface area contributed by atoms with Crippen LogP contribution in [0, 0.1) is 6.92 Å². The molecule has 0 spiro atoms. The van der Waals surface area contributed by atoms with E-state index in [4.69, 9.17) is 0 Å². The Balaban J connectivity index is 1.44. The first-order valence-electron chi connectivity index (χ1n) is 8.44. The highest BCUT2D eigenvalue weighted by Gasteiger charge is 2.07. The van der Waals surface area contributed by atoms with Gasteiger partial charge in [-0.15, -0.1) is 0 Å². The fourth-order valence-corrected chi connectivity index (χ4v) is 2.76. The van der Waals surface area contributed by atoms with Gasteiger partial charge in [0.25, 0.3) is 5.91 Å². The number of para-hydroxylation sites is 2. The van der Waals surface area contributed by atoms with E-state index in [-0.39, 0.29) is 5.91 Å². The summed E-state index contributed by atoms with van der Waals surface area (Å²) in [7, 11) is 0. The molecule has 0 radical (unpaired) electrons. The molecule has 0 bridgehead atoms.